The van der Waals surface area contributed by atoms with Crippen molar-refractivity contribution in [3.05, 3.63) is 102 Å². The van der Waals surface area contributed by atoms with Crippen LogP contribution in [0, 0.1) is 0 Å². The second kappa shape index (κ2) is 7.87. The molecular formula is C23H20N2O2. The number of fused-ring (bicyclic) bond motifs is 1. The van der Waals surface area contributed by atoms with E-state index in [9.17, 15) is 4.79 Å². The van der Waals surface area contributed by atoms with Crippen LogP contribution in [0.5, 0.6) is 0 Å². The lowest BCUT2D eigenvalue weighted by Crippen LogP contribution is -2.31. The number of aromatic nitrogens is 1. The Morgan fingerprint density at radius 1 is 0.889 bits per heavy atom. The van der Waals surface area contributed by atoms with E-state index in [1.165, 1.54) is 5.39 Å². The van der Waals surface area contributed by atoms with Gasteiger partial charge in [-0.25, -0.2) is 0 Å². The van der Waals surface area contributed by atoms with Gasteiger partial charge in [0.1, 0.15) is 5.76 Å². The predicted molar refractivity (Wildman–Crippen MR) is 105 cm³/mol. The molecule has 0 saturated heterocycles. The summed E-state index contributed by atoms with van der Waals surface area (Å²) in [7, 11) is 0. The van der Waals surface area contributed by atoms with Crippen LogP contribution >= 0.6 is 0 Å². The highest BCUT2D eigenvalue weighted by Crippen LogP contribution is 2.18. The molecule has 0 aliphatic rings. The Bertz CT molecular complexity index is 1030. The molecule has 0 aliphatic carbocycles. The van der Waals surface area contributed by atoms with Gasteiger partial charge in [-0.2, -0.15) is 0 Å². The fourth-order valence-corrected chi connectivity index (χ4v) is 3.17. The van der Waals surface area contributed by atoms with Crippen LogP contribution in [-0.2, 0) is 24.3 Å². The van der Waals surface area contributed by atoms with Crippen LogP contribution in [0.3, 0.4) is 0 Å². The maximum Gasteiger partial charge on any atom is 0.227 e. The summed E-state index contributed by atoms with van der Waals surface area (Å²) >= 11 is 0. The van der Waals surface area contributed by atoms with Crippen LogP contribution in [-0.4, -0.2) is 15.8 Å². The van der Waals surface area contributed by atoms with E-state index in [0.717, 1.165) is 22.3 Å². The van der Waals surface area contributed by atoms with Crippen LogP contribution in [0.2, 0.25) is 0 Å². The molecule has 4 rings (SSSR count). The van der Waals surface area contributed by atoms with Crippen LogP contribution in [0.15, 0.2) is 89.8 Å². The molecule has 1 amide bonds. The smallest absolute Gasteiger partial charge is 0.227 e. The highest BCUT2D eigenvalue weighted by molar-refractivity contribution is 5.85. The summed E-state index contributed by atoms with van der Waals surface area (Å²) in [5.74, 6) is 0.830. The van der Waals surface area contributed by atoms with Gasteiger partial charge in [-0.15, -0.1) is 0 Å². The molecule has 0 fully saturated rings. The fraction of sp³-hybridized carbons (Fsp3) is 0.130. The number of nitrogens with zero attached hydrogens (tertiary/aromatic N) is 2. The summed E-state index contributed by atoms with van der Waals surface area (Å²) in [6, 6.07) is 21.9. The number of furan rings is 1. The highest BCUT2D eigenvalue weighted by atomic mass is 16.3. The van der Waals surface area contributed by atoms with Crippen LogP contribution in [0.1, 0.15) is 16.9 Å². The van der Waals surface area contributed by atoms with Crippen LogP contribution in [0.4, 0.5) is 0 Å². The lowest BCUT2D eigenvalue weighted by molar-refractivity contribution is -0.132. The summed E-state index contributed by atoms with van der Waals surface area (Å²) in [6.07, 6.45) is 5.51. The predicted octanol–water partition coefficient (Wildman–Crippen LogP) is 4.60. The normalized spacial score (nSPS) is 10.8. The van der Waals surface area contributed by atoms with Gasteiger partial charge in [-0.1, -0.05) is 48.5 Å². The van der Waals surface area contributed by atoms with Gasteiger partial charge in [0, 0.05) is 18.9 Å². The number of carbonyl (C=O) groups is 1. The first kappa shape index (κ1) is 17.0. The van der Waals surface area contributed by atoms with E-state index in [0.29, 0.717) is 19.5 Å². The topological polar surface area (TPSA) is 46.3 Å². The molecule has 0 radical (unpaired) electrons. The number of carbonyl (C=O) groups excluding carboxylic acids is 1. The third-order valence-corrected chi connectivity index (χ3v) is 4.54. The zero-order chi connectivity index (χ0) is 18.5. The summed E-state index contributed by atoms with van der Waals surface area (Å²) in [6.45, 7) is 0.940. The SMILES string of the molecule is O=C(Cc1ccc2ccccc2c1)N(Cc1cccnc1)Cc1ccco1. The average Bonchev–Trinajstić information content (AvgIpc) is 3.21. The van der Waals surface area contributed by atoms with Gasteiger partial charge in [0.2, 0.25) is 5.91 Å². The summed E-state index contributed by atoms with van der Waals surface area (Å²) in [5, 5.41) is 2.32. The Kier molecular flexibility index (Phi) is 4.97. The first-order valence-electron chi connectivity index (χ1n) is 8.95. The summed E-state index contributed by atoms with van der Waals surface area (Å²) in [5.41, 5.74) is 2.00. The van der Waals surface area contributed by atoms with E-state index in [1.807, 2.05) is 47.4 Å². The summed E-state index contributed by atoms with van der Waals surface area (Å²) < 4.78 is 5.45. The van der Waals surface area contributed by atoms with Gasteiger partial charge < -0.3 is 9.32 Å². The molecule has 0 spiro atoms. The minimum Gasteiger partial charge on any atom is -0.467 e. The van der Waals surface area contributed by atoms with Crippen LogP contribution in [0.25, 0.3) is 10.8 Å². The number of benzene rings is 2. The van der Waals surface area contributed by atoms with E-state index in [-0.39, 0.29) is 5.91 Å². The van der Waals surface area contributed by atoms with Crippen molar-refractivity contribution in [3.63, 3.8) is 0 Å². The number of rotatable bonds is 6. The first-order chi connectivity index (χ1) is 13.3. The Morgan fingerprint density at radius 2 is 1.78 bits per heavy atom. The van der Waals surface area contributed by atoms with Gasteiger partial charge in [0.25, 0.3) is 0 Å². The van der Waals surface area contributed by atoms with Gasteiger partial charge >= 0.3 is 0 Å². The molecule has 2 aromatic heterocycles. The molecular weight excluding hydrogens is 336 g/mol. The number of amides is 1. The molecule has 134 valence electrons. The van der Waals surface area contributed by atoms with E-state index < -0.39 is 0 Å². The molecule has 27 heavy (non-hydrogen) atoms. The maximum atomic E-state index is 13.0. The summed E-state index contributed by atoms with van der Waals surface area (Å²) in [4.78, 5) is 19.0. The molecule has 2 heterocycles. The zero-order valence-electron chi connectivity index (χ0n) is 14.9. The molecule has 0 saturated carbocycles. The quantitative estimate of drug-likeness (QED) is 0.507. The van der Waals surface area contributed by atoms with Crippen molar-refractivity contribution in [3.8, 4) is 0 Å². The minimum absolute atomic E-state index is 0.0607. The van der Waals surface area contributed by atoms with Gasteiger partial charge in [0.15, 0.2) is 0 Å². The van der Waals surface area contributed by atoms with Crippen molar-refractivity contribution in [2.24, 2.45) is 0 Å². The lowest BCUT2D eigenvalue weighted by atomic mass is 10.0. The number of pyridine rings is 1. The Balaban J connectivity index is 1.54. The van der Waals surface area contributed by atoms with E-state index in [2.05, 4.69) is 29.2 Å². The fourth-order valence-electron chi connectivity index (χ4n) is 3.17. The monoisotopic (exact) mass is 356 g/mol. The minimum atomic E-state index is 0.0607. The zero-order valence-corrected chi connectivity index (χ0v) is 14.9. The Hall–Kier alpha value is -3.40. The second-order valence-electron chi connectivity index (χ2n) is 6.55. The average molecular weight is 356 g/mol. The van der Waals surface area contributed by atoms with Crippen molar-refractivity contribution in [2.45, 2.75) is 19.5 Å². The Labute approximate surface area is 158 Å². The van der Waals surface area contributed by atoms with E-state index >= 15 is 0 Å². The standard InChI is InChI=1S/C23H20N2O2/c26-23(14-18-9-10-20-6-1-2-7-21(20)13-18)25(17-22-8-4-12-27-22)16-19-5-3-11-24-15-19/h1-13,15H,14,16-17H2. The van der Waals surface area contributed by atoms with Crippen molar-refractivity contribution < 1.29 is 9.21 Å². The van der Waals surface area contributed by atoms with Crippen molar-refractivity contribution >= 4 is 16.7 Å². The Morgan fingerprint density at radius 3 is 2.56 bits per heavy atom. The third-order valence-electron chi connectivity index (χ3n) is 4.54. The maximum absolute atomic E-state index is 13.0. The first-order valence-corrected chi connectivity index (χ1v) is 8.95. The molecule has 4 heteroatoms. The second-order valence-corrected chi connectivity index (χ2v) is 6.55. The van der Waals surface area contributed by atoms with Gasteiger partial charge in [-0.3, -0.25) is 9.78 Å². The molecule has 0 aliphatic heterocycles. The van der Waals surface area contributed by atoms with Crippen LogP contribution < -0.4 is 0 Å². The largest absolute Gasteiger partial charge is 0.467 e. The lowest BCUT2D eigenvalue weighted by Gasteiger charge is -2.22. The molecule has 0 bridgehead atoms. The van der Waals surface area contributed by atoms with Crippen molar-refractivity contribution in [1.29, 1.82) is 0 Å². The highest BCUT2D eigenvalue weighted by Gasteiger charge is 2.17. The molecule has 0 atom stereocenters. The van der Waals surface area contributed by atoms with E-state index in [4.69, 9.17) is 4.42 Å². The number of hydrogen-bond donors (Lipinski definition) is 0. The molecule has 4 nitrogen and oxygen atoms in total. The molecule has 0 unspecified atom stereocenters. The van der Waals surface area contributed by atoms with Crippen molar-refractivity contribution in [2.75, 3.05) is 0 Å². The third kappa shape index (κ3) is 4.23. The van der Waals surface area contributed by atoms with Gasteiger partial charge in [0.05, 0.1) is 19.2 Å². The molecule has 0 N–H and O–H groups in total. The van der Waals surface area contributed by atoms with E-state index in [1.54, 1.807) is 18.7 Å². The number of hydrogen-bond acceptors (Lipinski definition) is 3. The van der Waals surface area contributed by atoms with Crippen molar-refractivity contribution in [1.82, 2.24) is 9.88 Å². The molecule has 4 aromatic rings. The van der Waals surface area contributed by atoms with Gasteiger partial charge in [-0.05, 0) is 40.1 Å². The molecule has 2 aromatic carbocycles.